The first kappa shape index (κ1) is 20.9. The quantitative estimate of drug-likeness (QED) is 0.451. The van der Waals surface area contributed by atoms with Crippen molar-refractivity contribution in [3.05, 3.63) is 48.5 Å². The van der Waals surface area contributed by atoms with E-state index in [0.29, 0.717) is 6.61 Å². The smallest absolute Gasteiger partial charge is 0.145 e. The van der Waals surface area contributed by atoms with E-state index in [0.717, 1.165) is 65.4 Å². The summed E-state index contributed by atoms with van der Waals surface area (Å²) in [7, 11) is 5.80. The fraction of sp³-hybridized carbons (Fsp3) is 0.375. The van der Waals surface area contributed by atoms with Crippen molar-refractivity contribution in [2.75, 3.05) is 41.0 Å². The van der Waals surface area contributed by atoms with Crippen LogP contribution in [0.15, 0.2) is 48.5 Å². The lowest BCUT2D eigenvalue weighted by Gasteiger charge is -2.15. The first-order valence-corrected chi connectivity index (χ1v) is 10.1. The molecule has 2 aromatic carbocycles. The van der Waals surface area contributed by atoms with Crippen LogP contribution in [0.1, 0.15) is 19.8 Å². The Kier molecular flexibility index (Phi) is 7.30. The van der Waals surface area contributed by atoms with Crippen LogP contribution in [0.3, 0.4) is 0 Å². The van der Waals surface area contributed by atoms with Crippen molar-refractivity contribution >= 4 is 10.9 Å². The number of hydrogen-bond donors (Lipinski definition) is 0. The maximum absolute atomic E-state index is 6.16. The summed E-state index contributed by atoms with van der Waals surface area (Å²) in [5.74, 6) is 2.44. The lowest BCUT2D eigenvalue weighted by molar-refractivity contribution is 0.284. The molecule has 0 aliphatic rings. The number of ether oxygens (including phenoxy) is 3. The fourth-order valence-electron chi connectivity index (χ4n) is 3.13. The van der Waals surface area contributed by atoms with Gasteiger partial charge >= 0.3 is 0 Å². The Morgan fingerprint density at radius 1 is 0.931 bits per heavy atom. The van der Waals surface area contributed by atoms with Crippen molar-refractivity contribution in [1.82, 2.24) is 9.88 Å². The largest absolute Gasteiger partial charge is 0.494 e. The van der Waals surface area contributed by atoms with Crippen LogP contribution in [-0.4, -0.2) is 50.8 Å². The average Bonchev–Trinajstić information content (AvgIpc) is 2.74. The van der Waals surface area contributed by atoms with Crippen molar-refractivity contribution in [2.45, 2.75) is 19.8 Å². The molecule has 0 saturated carbocycles. The molecule has 3 rings (SSSR count). The third-order valence-electron chi connectivity index (χ3n) is 4.61. The number of hydrogen-bond acceptors (Lipinski definition) is 5. The van der Waals surface area contributed by atoms with Gasteiger partial charge in [0.2, 0.25) is 0 Å². The van der Waals surface area contributed by atoms with Crippen LogP contribution >= 0.6 is 0 Å². The highest BCUT2D eigenvalue weighted by Crippen LogP contribution is 2.35. The van der Waals surface area contributed by atoms with Crippen molar-refractivity contribution < 1.29 is 14.2 Å². The molecule has 1 heterocycles. The van der Waals surface area contributed by atoms with Gasteiger partial charge in [-0.15, -0.1) is 0 Å². The van der Waals surface area contributed by atoms with Gasteiger partial charge in [0, 0.05) is 23.6 Å². The molecule has 0 spiro atoms. The van der Waals surface area contributed by atoms with E-state index in [-0.39, 0.29) is 0 Å². The maximum atomic E-state index is 6.16. The zero-order valence-electron chi connectivity index (χ0n) is 17.8. The van der Waals surface area contributed by atoms with E-state index in [4.69, 9.17) is 19.2 Å². The first-order valence-electron chi connectivity index (χ1n) is 10.1. The van der Waals surface area contributed by atoms with E-state index < -0.39 is 0 Å². The predicted molar refractivity (Wildman–Crippen MR) is 118 cm³/mol. The molecule has 0 atom stereocenters. The molecule has 1 aromatic heterocycles. The Hall–Kier alpha value is -2.79. The lowest BCUT2D eigenvalue weighted by atomic mass is 10.1. The number of para-hydroxylation sites is 1. The predicted octanol–water partition coefficient (Wildman–Crippen LogP) is 5.03. The van der Waals surface area contributed by atoms with E-state index >= 15 is 0 Å². The summed E-state index contributed by atoms with van der Waals surface area (Å²) in [4.78, 5) is 7.03. The molecule has 0 bridgehead atoms. The summed E-state index contributed by atoms with van der Waals surface area (Å²) in [5.41, 5.74) is 2.67. The van der Waals surface area contributed by atoms with Gasteiger partial charge in [-0.25, -0.2) is 4.98 Å². The van der Waals surface area contributed by atoms with Crippen LogP contribution in [-0.2, 0) is 0 Å². The highest BCUT2D eigenvalue weighted by Gasteiger charge is 2.12. The van der Waals surface area contributed by atoms with E-state index in [1.165, 1.54) is 0 Å². The molecule has 5 heteroatoms. The van der Waals surface area contributed by atoms with Gasteiger partial charge in [0.15, 0.2) is 0 Å². The summed E-state index contributed by atoms with van der Waals surface area (Å²) in [6.07, 6.45) is 1.95. The highest BCUT2D eigenvalue weighted by atomic mass is 16.5. The molecular weight excluding hydrogens is 364 g/mol. The lowest BCUT2D eigenvalue weighted by Crippen LogP contribution is -2.15. The van der Waals surface area contributed by atoms with Gasteiger partial charge in [0.05, 0.1) is 26.0 Å². The van der Waals surface area contributed by atoms with Crippen molar-refractivity contribution in [1.29, 1.82) is 0 Å². The van der Waals surface area contributed by atoms with Gasteiger partial charge in [-0.3, -0.25) is 0 Å². The first-order chi connectivity index (χ1) is 14.1. The number of nitrogens with zero attached hydrogens (tertiary/aromatic N) is 2. The summed E-state index contributed by atoms with van der Waals surface area (Å²) >= 11 is 0. The van der Waals surface area contributed by atoms with Gasteiger partial charge in [-0.1, -0.05) is 13.0 Å². The molecule has 0 aliphatic carbocycles. The van der Waals surface area contributed by atoms with Gasteiger partial charge in [0.25, 0.3) is 0 Å². The second kappa shape index (κ2) is 10.1. The van der Waals surface area contributed by atoms with Gasteiger partial charge in [-0.2, -0.15) is 0 Å². The SMILES string of the molecule is CCCOc1ccc(-c2cc(OCCCN(C)C)c3cccc(OC)c3n2)cc1. The Morgan fingerprint density at radius 3 is 2.41 bits per heavy atom. The molecule has 0 N–H and O–H groups in total. The Bertz CT molecular complexity index is 923. The van der Waals surface area contributed by atoms with Crippen LogP contribution in [0.25, 0.3) is 22.2 Å². The summed E-state index contributed by atoms with van der Waals surface area (Å²) < 4.78 is 17.4. The second-order valence-corrected chi connectivity index (χ2v) is 7.24. The number of methoxy groups -OCH3 is 1. The maximum Gasteiger partial charge on any atom is 0.145 e. The molecule has 3 aromatic rings. The fourth-order valence-corrected chi connectivity index (χ4v) is 3.13. The van der Waals surface area contributed by atoms with E-state index in [9.17, 15) is 0 Å². The molecule has 0 unspecified atom stereocenters. The normalized spacial score (nSPS) is 11.1. The van der Waals surface area contributed by atoms with E-state index in [2.05, 4.69) is 25.9 Å². The number of benzene rings is 2. The zero-order valence-corrected chi connectivity index (χ0v) is 17.8. The topological polar surface area (TPSA) is 43.8 Å². The third-order valence-corrected chi connectivity index (χ3v) is 4.61. The van der Waals surface area contributed by atoms with Crippen LogP contribution in [0.2, 0.25) is 0 Å². The number of rotatable bonds is 10. The molecular formula is C24H30N2O3. The minimum atomic E-state index is 0.651. The zero-order chi connectivity index (χ0) is 20.6. The Labute approximate surface area is 173 Å². The molecule has 154 valence electrons. The highest BCUT2D eigenvalue weighted by molar-refractivity contribution is 5.92. The number of pyridine rings is 1. The van der Waals surface area contributed by atoms with Gasteiger partial charge in [-0.05, 0) is 63.3 Å². The molecule has 0 fully saturated rings. The van der Waals surface area contributed by atoms with Gasteiger partial charge < -0.3 is 19.1 Å². The van der Waals surface area contributed by atoms with E-state index in [1.807, 2.05) is 48.5 Å². The van der Waals surface area contributed by atoms with E-state index in [1.54, 1.807) is 7.11 Å². The number of aromatic nitrogens is 1. The van der Waals surface area contributed by atoms with Crippen LogP contribution in [0.5, 0.6) is 17.2 Å². The summed E-state index contributed by atoms with van der Waals surface area (Å²) in [6.45, 7) is 4.45. The molecule has 0 radical (unpaired) electrons. The third kappa shape index (κ3) is 5.39. The molecule has 0 amide bonds. The number of fused-ring (bicyclic) bond motifs is 1. The Balaban J connectivity index is 1.94. The van der Waals surface area contributed by atoms with Crippen molar-refractivity contribution in [3.63, 3.8) is 0 Å². The second-order valence-electron chi connectivity index (χ2n) is 7.24. The van der Waals surface area contributed by atoms with Crippen LogP contribution in [0.4, 0.5) is 0 Å². The summed E-state index contributed by atoms with van der Waals surface area (Å²) in [6, 6.07) is 16.0. The van der Waals surface area contributed by atoms with Crippen LogP contribution < -0.4 is 14.2 Å². The minimum absolute atomic E-state index is 0.651. The molecule has 0 aliphatic heterocycles. The molecule has 29 heavy (non-hydrogen) atoms. The molecule has 5 nitrogen and oxygen atoms in total. The minimum Gasteiger partial charge on any atom is -0.494 e. The average molecular weight is 395 g/mol. The van der Waals surface area contributed by atoms with Crippen LogP contribution in [0, 0.1) is 0 Å². The van der Waals surface area contributed by atoms with Crippen molar-refractivity contribution in [3.8, 4) is 28.5 Å². The van der Waals surface area contributed by atoms with Crippen molar-refractivity contribution in [2.24, 2.45) is 0 Å². The molecule has 0 saturated heterocycles. The monoisotopic (exact) mass is 394 g/mol. The Morgan fingerprint density at radius 2 is 1.72 bits per heavy atom. The summed E-state index contributed by atoms with van der Waals surface area (Å²) in [5, 5.41) is 0.959. The standard InChI is InChI=1S/C24H30N2O3/c1-5-15-28-19-12-10-18(11-13-19)21-17-23(29-16-7-14-26(2)3)20-8-6-9-22(27-4)24(20)25-21/h6,8-13,17H,5,7,14-16H2,1-4H3. The van der Waals surface area contributed by atoms with Gasteiger partial charge in [0.1, 0.15) is 22.8 Å².